The molecule has 6 N–H and O–H groups in total. The second kappa shape index (κ2) is 7.22. The standard InChI is InChI=1S/C12H17N3O4/c13-10(7-8-1-3-9(16)4-2-8)11(17)15-5-6-19-12(14)18/h1-4,10,16H,5-7,13H2,(H2,14,18)(H,15,17)/t10-/m0/s1. The van der Waals surface area contributed by atoms with E-state index in [4.69, 9.17) is 16.6 Å². The van der Waals surface area contributed by atoms with Crippen molar-refractivity contribution in [1.29, 1.82) is 0 Å². The van der Waals surface area contributed by atoms with Crippen molar-refractivity contribution in [3.05, 3.63) is 29.8 Å². The molecular formula is C12H17N3O4. The van der Waals surface area contributed by atoms with Gasteiger partial charge in [0.2, 0.25) is 5.91 Å². The molecule has 7 nitrogen and oxygen atoms in total. The lowest BCUT2D eigenvalue weighted by Crippen LogP contribution is -2.43. The normalized spacial score (nSPS) is 11.6. The first-order valence-electron chi connectivity index (χ1n) is 5.72. The zero-order valence-electron chi connectivity index (χ0n) is 10.3. The minimum absolute atomic E-state index is 0.00695. The first kappa shape index (κ1) is 14.8. The van der Waals surface area contributed by atoms with E-state index in [-0.39, 0.29) is 24.8 Å². The fraction of sp³-hybridized carbons (Fsp3) is 0.333. The largest absolute Gasteiger partial charge is 0.508 e. The van der Waals surface area contributed by atoms with E-state index in [0.29, 0.717) is 6.42 Å². The van der Waals surface area contributed by atoms with Crippen molar-refractivity contribution in [3.8, 4) is 5.75 Å². The number of carbonyl (C=O) groups excluding carboxylic acids is 2. The monoisotopic (exact) mass is 267 g/mol. The van der Waals surface area contributed by atoms with Gasteiger partial charge in [-0.25, -0.2) is 4.79 Å². The molecule has 0 bridgehead atoms. The Bertz CT molecular complexity index is 433. The smallest absolute Gasteiger partial charge is 0.404 e. The number of phenolic OH excluding ortho intramolecular Hbond substituents is 1. The van der Waals surface area contributed by atoms with E-state index in [1.165, 1.54) is 12.1 Å². The van der Waals surface area contributed by atoms with Gasteiger partial charge in [-0.05, 0) is 24.1 Å². The number of ether oxygens (including phenoxy) is 1. The van der Waals surface area contributed by atoms with Crippen LogP contribution >= 0.6 is 0 Å². The van der Waals surface area contributed by atoms with Crippen LogP contribution in [-0.4, -0.2) is 36.3 Å². The average Bonchev–Trinajstić information content (AvgIpc) is 2.36. The third kappa shape index (κ3) is 5.73. The summed E-state index contributed by atoms with van der Waals surface area (Å²) in [5, 5.41) is 11.6. The van der Waals surface area contributed by atoms with Crippen LogP contribution in [0.1, 0.15) is 5.56 Å². The number of phenols is 1. The minimum Gasteiger partial charge on any atom is -0.508 e. The lowest BCUT2D eigenvalue weighted by atomic mass is 10.1. The maximum atomic E-state index is 11.6. The van der Waals surface area contributed by atoms with Crippen molar-refractivity contribution in [2.24, 2.45) is 11.5 Å². The number of nitrogens with two attached hydrogens (primary N) is 2. The molecule has 2 amide bonds. The van der Waals surface area contributed by atoms with Crippen LogP contribution in [0.2, 0.25) is 0 Å². The number of hydrogen-bond donors (Lipinski definition) is 4. The number of rotatable bonds is 6. The maximum absolute atomic E-state index is 11.6. The van der Waals surface area contributed by atoms with E-state index < -0.39 is 12.1 Å². The molecule has 0 aliphatic heterocycles. The van der Waals surface area contributed by atoms with Crippen LogP contribution < -0.4 is 16.8 Å². The average molecular weight is 267 g/mol. The van der Waals surface area contributed by atoms with Gasteiger partial charge in [0.05, 0.1) is 12.6 Å². The molecule has 1 aromatic carbocycles. The minimum atomic E-state index is -0.886. The molecule has 0 unspecified atom stereocenters. The van der Waals surface area contributed by atoms with Gasteiger partial charge in [-0.15, -0.1) is 0 Å². The lowest BCUT2D eigenvalue weighted by Gasteiger charge is -2.12. The number of hydrogen-bond acceptors (Lipinski definition) is 5. The van der Waals surface area contributed by atoms with Crippen molar-refractivity contribution < 1.29 is 19.4 Å². The van der Waals surface area contributed by atoms with Gasteiger partial charge < -0.3 is 26.6 Å². The highest BCUT2D eigenvalue weighted by molar-refractivity contribution is 5.81. The van der Waals surface area contributed by atoms with Gasteiger partial charge in [-0.1, -0.05) is 12.1 Å². The molecule has 0 aliphatic rings. The van der Waals surface area contributed by atoms with Crippen LogP contribution in [0, 0.1) is 0 Å². The molecule has 0 spiro atoms. The van der Waals surface area contributed by atoms with Crippen molar-refractivity contribution in [1.82, 2.24) is 5.32 Å². The number of amides is 2. The SMILES string of the molecule is NC(=O)OCCNC(=O)[C@@H](N)Cc1ccc(O)cc1. The van der Waals surface area contributed by atoms with E-state index in [1.54, 1.807) is 12.1 Å². The molecule has 0 fully saturated rings. The summed E-state index contributed by atoms with van der Waals surface area (Å²) in [6.45, 7) is 0.165. The third-order valence-electron chi connectivity index (χ3n) is 2.37. The molecule has 1 atom stereocenters. The van der Waals surface area contributed by atoms with E-state index in [1.807, 2.05) is 0 Å². The Morgan fingerprint density at radius 3 is 2.53 bits per heavy atom. The maximum Gasteiger partial charge on any atom is 0.404 e. The fourth-order valence-electron chi connectivity index (χ4n) is 1.44. The van der Waals surface area contributed by atoms with Gasteiger partial charge in [0, 0.05) is 0 Å². The number of primary amides is 1. The molecule has 1 aromatic rings. The van der Waals surface area contributed by atoms with Gasteiger partial charge in [0.25, 0.3) is 0 Å². The summed E-state index contributed by atoms with van der Waals surface area (Å²) in [5.41, 5.74) is 11.3. The van der Waals surface area contributed by atoms with Gasteiger partial charge >= 0.3 is 6.09 Å². The molecular weight excluding hydrogens is 250 g/mol. The molecule has 0 heterocycles. The summed E-state index contributed by atoms with van der Waals surface area (Å²) in [6.07, 6.45) is -0.536. The first-order valence-corrected chi connectivity index (χ1v) is 5.72. The highest BCUT2D eigenvalue weighted by Gasteiger charge is 2.13. The lowest BCUT2D eigenvalue weighted by molar-refractivity contribution is -0.122. The zero-order valence-corrected chi connectivity index (χ0v) is 10.3. The predicted molar refractivity (Wildman–Crippen MR) is 68.3 cm³/mol. The summed E-state index contributed by atoms with van der Waals surface area (Å²) < 4.78 is 4.46. The Kier molecular flexibility index (Phi) is 5.62. The van der Waals surface area contributed by atoms with Crippen molar-refractivity contribution >= 4 is 12.0 Å². The van der Waals surface area contributed by atoms with Crippen LogP contribution in [0.3, 0.4) is 0 Å². The van der Waals surface area contributed by atoms with Crippen LogP contribution in [0.25, 0.3) is 0 Å². The summed E-state index contributed by atoms with van der Waals surface area (Å²) in [7, 11) is 0. The zero-order chi connectivity index (χ0) is 14.3. The molecule has 0 saturated carbocycles. The third-order valence-corrected chi connectivity index (χ3v) is 2.37. The summed E-state index contributed by atoms with van der Waals surface area (Å²) >= 11 is 0. The second-order valence-corrected chi connectivity index (χ2v) is 3.94. The number of benzene rings is 1. The first-order chi connectivity index (χ1) is 8.99. The highest BCUT2D eigenvalue weighted by Crippen LogP contribution is 2.10. The highest BCUT2D eigenvalue weighted by atomic mass is 16.5. The van der Waals surface area contributed by atoms with E-state index in [0.717, 1.165) is 5.56 Å². The molecule has 7 heteroatoms. The van der Waals surface area contributed by atoms with Crippen LogP contribution in [0.15, 0.2) is 24.3 Å². The van der Waals surface area contributed by atoms with Gasteiger partial charge in [-0.2, -0.15) is 0 Å². The van der Waals surface area contributed by atoms with E-state index in [2.05, 4.69) is 10.1 Å². The number of carbonyl (C=O) groups is 2. The van der Waals surface area contributed by atoms with Crippen molar-refractivity contribution in [2.45, 2.75) is 12.5 Å². The topological polar surface area (TPSA) is 128 Å². The molecule has 1 rings (SSSR count). The molecule has 104 valence electrons. The van der Waals surface area contributed by atoms with Gasteiger partial charge in [0.1, 0.15) is 12.4 Å². The Hall–Kier alpha value is -2.28. The molecule has 0 aromatic heterocycles. The van der Waals surface area contributed by atoms with Crippen LogP contribution in [0.4, 0.5) is 4.79 Å². The predicted octanol–water partition coefficient (Wildman–Crippen LogP) is -0.526. The number of nitrogens with one attached hydrogen (secondary N) is 1. The van der Waals surface area contributed by atoms with Gasteiger partial charge in [0.15, 0.2) is 0 Å². The van der Waals surface area contributed by atoms with Crippen LogP contribution in [-0.2, 0) is 16.0 Å². The van der Waals surface area contributed by atoms with Gasteiger partial charge in [-0.3, -0.25) is 4.79 Å². The fourth-order valence-corrected chi connectivity index (χ4v) is 1.44. The summed E-state index contributed by atoms with van der Waals surface area (Å²) in [5.74, 6) is -0.188. The summed E-state index contributed by atoms with van der Waals surface area (Å²) in [4.78, 5) is 21.9. The second-order valence-electron chi connectivity index (χ2n) is 3.94. The Morgan fingerprint density at radius 2 is 1.95 bits per heavy atom. The molecule has 0 aliphatic carbocycles. The summed E-state index contributed by atoms with van der Waals surface area (Å²) in [6, 6.07) is 5.73. The Labute approximate surface area is 110 Å². The number of aromatic hydroxyl groups is 1. The van der Waals surface area contributed by atoms with E-state index in [9.17, 15) is 9.59 Å². The molecule has 0 saturated heterocycles. The Balaban J connectivity index is 2.32. The van der Waals surface area contributed by atoms with Crippen molar-refractivity contribution in [2.75, 3.05) is 13.2 Å². The molecule has 19 heavy (non-hydrogen) atoms. The Morgan fingerprint density at radius 1 is 1.32 bits per heavy atom. The quantitative estimate of drug-likeness (QED) is 0.515. The molecule has 0 radical (unpaired) electrons. The van der Waals surface area contributed by atoms with Crippen LogP contribution in [0.5, 0.6) is 5.75 Å². The van der Waals surface area contributed by atoms with Crippen molar-refractivity contribution in [3.63, 3.8) is 0 Å². The van der Waals surface area contributed by atoms with E-state index >= 15 is 0 Å².